The number of carbonyl (C=O) groups excluding carboxylic acids is 2. The Balaban J connectivity index is 1.66. The zero-order valence-corrected chi connectivity index (χ0v) is 16.5. The van der Waals surface area contributed by atoms with Crippen LogP contribution in [0.1, 0.15) is 48.9 Å². The average molecular weight is 390 g/mol. The lowest BCUT2D eigenvalue weighted by Gasteiger charge is -2.23. The first kappa shape index (κ1) is 20.4. The van der Waals surface area contributed by atoms with Gasteiger partial charge in [0, 0.05) is 12.6 Å². The summed E-state index contributed by atoms with van der Waals surface area (Å²) in [6.07, 6.45) is 6.79. The number of methoxy groups -OCH3 is 2. The lowest BCUT2D eigenvalue weighted by molar-refractivity contribution is -0.124. The summed E-state index contributed by atoms with van der Waals surface area (Å²) < 4.78 is 10.6. The van der Waals surface area contributed by atoms with Crippen molar-refractivity contribution >= 4 is 11.8 Å². The monoisotopic (exact) mass is 390 g/mol. The molecule has 8 heteroatoms. The first-order chi connectivity index (χ1) is 13.6. The highest BCUT2D eigenvalue weighted by atomic mass is 16.5. The summed E-state index contributed by atoms with van der Waals surface area (Å²) >= 11 is 0. The predicted molar refractivity (Wildman–Crippen MR) is 105 cm³/mol. The third-order valence-corrected chi connectivity index (χ3v) is 5.44. The van der Waals surface area contributed by atoms with Gasteiger partial charge in [-0.25, -0.2) is 5.43 Å². The van der Waals surface area contributed by atoms with E-state index in [0.717, 1.165) is 25.7 Å². The Morgan fingerprint density at radius 2 is 1.64 bits per heavy atom. The standard InChI is InChI=1S/C20H30N4O4/c1-27-15-10-7-11-16(28-2)17(15)19(25)23-14-12-21-24-18(14)20(26)22-13-8-5-3-4-6-9-13/h7,10-11,13-14,18,21,24H,3-6,8-9,12H2,1-2H3,(H,22,26)(H,23,25). The van der Waals surface area contributed by atoms with Crippen LogP contribution in [0, 0.1) is 0 Å². The molecule has 2 fully saturated rings. The minimum atomic E-state index is -0.534. The summed E-state index contributed by atoms with van der Waals surface area (Å²) in [5, 5.41) is 6.09. The molecule has 0 bridgehead atoms. The van der Waals surface area contributed by atoms with Crippen molar-refractivity contribution in [3.8, 4) is 11.5 Å². The molecule has 1 aromatic carbocycles. The van der Waals surface area contributed by atoms with Gasteiger partial charge < -0.3 is 20.1 Å². The highest BCUT2D eigenvalue weighted by molar-refractivity contribution is 6.00. The Morgan fingerprint density at radius 3 is 2.25 bits per heavy atom. The van der Waals surface area contributed by atoms with Crippen molar-refractivity contribution in [2.24, 2.45) is 0 Å². The van der Waals surface area contributed by atoms with Crippen molar-refractivity contribution in [2.45, 2.75) is 56.7 Å². The molecule has 4 N–H and O–H groups in total. The highest BCUT2D eigenvalue weighted by Gasteiger charge is 2.35. The summed E-state index contributed by atoms with van der Waals surface area (Å²) in [7, 11) is 3.01. The maximum absolute atomic E-state index is 12.9. The summed E-state index contributed by atoms with van der Waals surface area (Å²) in [4.78, 5) is 25.7. The van der Waals surface area contributed by atoms with E-state index in [1.807, 2.05) is 0 Å². The summed E-state index contributed by atoms with van der Waals surface area (Å²) in [6.45, 7) is 0.450. The van der Waals surface area contributed by atoms with E-state index in [2.05, 4.69) is 21.5 Å². The van der Waals surface area contributed by atoms with Crippen LogP contribution in [0.25, 0.3) is 0 Å². The number of hydrogen-bond donors (Lipinski definition) is 4. The Morgan fingerprint density at radius 1 is 1.00 bits per heavy atom. The number of rotatable bonds is 6. The van der Waals surface area contributed by atoms with E-state index >= 15 is 0 Å². The second kappa shape index (κ2) is 9.75. The van der Waals surface area contributed by atoms with Crippen LogP contribution in [-0.2, 0) is 4.79 Å². The summed E-state index contributed by atoms with van der Waals surface area (Å²) in [6, 6.07) is 4.47. The Labute approximate surface area is 165 Å². The second-order valence-electron chi connectivity index (χ2n) is 7.32. The predicted octanol–water partition coefficient (Wildman–Crippen LogP) is 1.12. The lowest BCUT2D eigenvalue weighted by atomic mass is 10.1. The van der Waals surface area contributed by atoms with Gasteiger partial charge in [-0.3, -0.25) is 15.0 Å². The molecule has 1 saturated heterocycles. The van der Waals surface area contributed by atoms with Crippen molar-refractivity contribution in [1.29, 1.82) is 0 Å². The number of amides is 2. The molecule has 1 saturated carbocycles. The van der Waals surface area contributed by atoms with Crippen LogP contribution in [0.5, 0.6) is 11.5 Å². The first-order valence-electron chi connectivity index (χ1n) is 9.94. The zero-order valence-electron chi connectivity index (χ0n) is 16.5. The minimum absolute atomic E-state index is 0.0887. The molecule has 28 heavy (non-hydrogen) atoms. The third kappa shape index (κ3) is 4.74. The fourth-order valence-electron chi connectivity index (χ4n) is 3.91. The highest BCUT2D eigenvalue weighted by Crippen LogP contribution is 2.28. The lowest BCUT2D eigenvalue weighted by Crippen LogP contribution is -2.54. The number of ether oxygens (including phenoxy) is 2. The summed E-state index contributed by atoms with van der Waals surface area (Å²) in [5.74, 6) is 0.428. The molecule has 0 aromatic heterocycles. The third-order valence-electron chi connectivity index (χ3n) is 5.44. The molecule has 154 valence electrons. The van der Waals surface area contributed by atoms with Gasteiger partial charge in [-0.05, 0) is 25.0 Å². The van der Waals surface area contributed by atoms with Gasteiger partial charge in [-0.2, -0.15) is 0 Å². The normalized spacial score (nSPS) is 22.9. The van der Waals surface area contributed by atoms with Crippen LogP contribution >= 0.6 is 0 Å². The SMILES string of the molecule is COc1cccc(OC)c1C(=O)NC1CNNC1C(=O)NC1CCCCCC1. The maximum atomic E-state index is 12.9. The van der Waals surface area contributed by atoms with E-state index < -0.39 is 6.04 Å². The topological polar surface area (TPSA) is 101 Å². The smallest absolute Gasteiger partial charge is 0.259 e. The quantitative estimate of drug-likeness (QED) is 0.543. The largest absolute Gasteiger partial charge is 0.496 e. The number of carbonyl (C=O) groups is 2. The molecule has 2 atom stereocenters. The molecule has 1 heterocycles. The van der Waals surface area contributed by atoms with Gasteiger partial charge in [0.1, 0.15) is 23.1 Å². The second-order valence-corrected chi connectivity index (χ2v) is 7.32. The van der Waals surface area contributed by atoms with E-state index in [1.165, 1.54) is 27.1 Å². The van der Waals surface area contributed by atoms with Crippen LogP contribution in [0.15, 0.2) is 18.2 Å². The van der Waals surface area contributed by atoms with Crippen molar-refractivity contribution in [1.82, 2.24) is 21.5 Å². The molecule has 0 spiro atoms. The Bertz CT molecular complexity index is 667. The fourth-order valence-corrected chi connectivity index (χ4v) is 3.91. The maximum Gasteiger partial charge on any atom is 0.259 e. The van der Waals surface area contributed by atoms with E-state index in [9.17, 15) is 9.59 Å². The minimum Gasteiger partial charge on any atom is -0.496 e. The molecular formula is C20H30N4O4. The van der Waals surface area contributed by atoms with Gasteiger partial charge in [0.25, 0.3) is 5.91 Å². The first-order valence-corrected chi connectivity index (χ1v) is 9.94. The van der Waals surface area contributed by atoms with E-state index in [-0.39, 0.29) is 23.9 Å². The molecule has 3 rings (SSSR count). The Hall–Kier alpha value is -2.32. The molecule has 2 amide bonds. The van der Waals surface area contributed by atoms with E-state index in [4.69, 9.17) is 9.47 Å². The molecule has 1 aliphatic carbocycles. The molecule has 0 radical (unpaired) electrons. The van der Waals surface area contributed by atoms with Gasteiger partial charge in [-0.1, -0.05) is 31.7 Å². The van der Waals surface area contributed by atoms with E-state index in [1.54, 1.807) is 18.2 Å². The summed E-state index contributed by atoms with van der Waals surface area (Å²) in [5.41, 5.74) is 6.29. The zero-order chi connectivity index (χ0) is 19.9. The molecular weight excluding hydrogens is 360 g/mol. The van der Waals surface area contributed by atoms with Gasteiger partial charge in [0.15, 0.2) is 0 Å². The molecule has 8 nitrogen and oxygen atoms in total. The van der Waals surface area contributed by atoms with Crippen molar-refractivity contribution in [3.63, 3.8) is 0 Å². The van der Waals surface area contributed by atoms with Crippen LogP contribution in [0.4, 0.5) is 0 Å². The average Bonchev–Trinajstić information content (AvgIpc) is 3.02. The number of hydrazine groups is 1. The van der Waals surface area contributed by atoms with Gasteiger partial charge in [0.05, 0.1) is 20.3 Å². The van der Waals surface area contributed by atoms with Crippen LogP contribution < -0.4 is 31.0 Å². The number of nitrogens with one attached hydrogen (secondary N) is 4. The Kier molecular flexibility index (Phi) is 7.11. The van der Waals surface area contributed by atoms with Crippen LogP contribution in [0.2, 0.25) is 0 Å². The number of benzene rings is 1. The molecule has 1 aromatic rings. The van der Waals surface area contributed by atoms with Crippen LogP contribution in [0.3, 0.4) is 0 Å². The van der Waals surface area contributed by atoms with Gasteiger partial charge in [-0.15, -0.1) is 0 Å². The van der Waals surface area contributed by atoms with Gasteiger partial charge >= 0.3 is 0 Å². The molecule has 2 unspecified atom stereocenters. The molecule has 2 aliphatic rings. The van der Waals surface area contributed by atoms with Gasteiger partial charge in [0.2, 0.25) is 5.91 Å². The van der Waals surface area contributed by atoms with Crippen LogP contribution in [-0.4, -0.2) is 50.7 Å². The van der Waals surface area contributed by atoms with Crippen molar-refractivity contribution in [3.05, 3.63) is 23.8 Å². The fraction of sp³-hybridized carbons (Fsp3) is 0.600. The number of hydrogen-bond acceptors (Lipinski definition) is 6. The molecule has 1 aliphatic heterocycles. The van der Waals surface area contributed by atoms with Crippen molar-refractivity contribution < 1.29 is 19.1 Å². The van der Waals surface area contributed by atoms with E-state index in [0.29, 0.717) is 23.6 Å². The van der Waals surface area contributed by atoms with Crippen molar-refractivity contribution in [2.75, 3.05) is 20.8 Å².